The van der Waals surface area contributed by atoms with E-state index in [0.717, 1.165) is 48.5 Å². The Bertz CT molecular complexity index is 388. The first kappa shape index (κ1) is 12.9. The number of halogens is 1. The molecule has 1 aromatic rings. The number of hydrogen-bond acceptors (Lipinski definition) is 3. The third kappa shape index (κ3) is 2.81. The molecule has 1 fully saturated rings. The summed E-state index contributed by atoms with van der Waals surface area (Å²) in [6.45, 7) is 6.29. The predicted molar refractivity (Wildman–Crippen MR) is 70.3 cm³/mol. The first-order chi connectivity index (χ1) is 8.11. The van der Waals surface area contributed by atoms with E-state index in [2.05, 4.69) is 15.3 Å². The van der Waals surface area contributed by atoms with Crippen LogP contribution in [0.4, 0.5) is 0 Å². The normalized spacial score (nSPS) is 21.3. The lowest BCUT2D eigenvalue weighted by atomic mass is 10.1. The molecule has 1 aliphatic heterocycles. The Morgan fingerprint density at radius 3 is 2.88 bits per heavy atom. The summed E-state index contributed by atoms with van der Waals surface area (Å²) in [4.78, 5) is 2.46. The Morgan fingerprint density at radius 2 is 2.29 bits per heavy atom. The van der Waals surface area contributed by atoms with Gasteiger partial charge < -0.3 is 5.32 Å². The van der Waals surface area contributed by atoms with Crippen molar-refractivity contribution in [3.05, 3.63) is 16.4 Å². The van der Waals surface area contributed by atoms with Crippen LogP contribution in [0, 0.1) is 12.8 Å². The summed E-state index contributed by atoms with van der Waals surface area (Å²) in [7, 11) is 3.99. The van der Waals surface area contributed by atoms with E-state index < -0.39 is 0 Å². The van der Waals surface area contributed by atoms with Crippen molar-refractivity contribution in [2.24, 2.45) is 13.0 Å². The van der Waals surface area contributed by atoms with Gasteiger partial charge in [0.25, 0.3) is 0 Å². The maximum Gasteiger partial charge on any atom is 0.0860 e. The Balaban J connectivity index is 1.98. The van der Waals surface area contributed by atoms with Crippen LogP contribution in [0.25, 0.3) is 0 Å². The fourth-order valence-corrected chi connectivity index (χ4v) is 2.80. The second-order valence-electron chi connectivity index (χ2n) is 4.92. The van der Waals surface area contributed by atoms with Gasteiger partial charge in [0.2, 0.25) is 0 Å². The van der Waals surface area contributed by atoms with Gasteiger partial charge in [0, 0.05) is 20.1 Å². The van der Waals surface area contributed by atoms with Crippen LogP contribution in [0.3, 0.4) is 0 Å². The molecule has 1 aliphatic rings. The van der Waals surface area contributed by atoms with Gasteiger partial charge in [-0.3, -0.25) is 9.58 Å². The molecule has 0 radical (unpaired) electrons. The Kier molecular flexibility index (Phi) is 4.07. The molecule has 0 spiro atoms. The molecule has 0 saturated carbocycles. The van der Waals surface area contributed by atoms with Gasteiger partial charge in [-0.2, -0.15) is 5.10 Å². The molecule has 17 heavy (non-hydrogen) atoms. The van der Waals surface area contributed by atoms with Crippen LogP contribution in [-0.4, -0.2) is 41.4 Å². The van der Waals surface area contributed by atoms with E-state index in [-0.39, 0.29) is 0 Å². The minimum absolute atomic E-state index is 0.771. The Morgan fingerprint density at radius 1 is 1.53 bits per heavy atom. The van der Waals surface area contributed by atoms with Crippen LogP contribution >= 0.6 is 11.6 Å². The van der Waals surface area contributed by atoms with Crippen LogP contribution < -0.4 is 5.32 Å². The molecule has 96 valence electrons. The first-order valence-electron chi connectivity index (χ1n) is 6.16. The van der Waals surface area contributed by atoms with E-state index in [1.807, 2.05) is 25.7 Å². The summed E-state index contributed by atoms with van der Waals surface area (Å²) >= 11 is 6.27. The average molecular weight is 257 g/mol. The molecule has 4 nitrogen and oxygen atoms in total. The highest BCUT2D eigenvalue weighted by atomic mass is 35.5. The number of hydrogen-bond donors (Lipinski definition) is 1. The summed E-state index contributed by atoms with van der Waals surface area (Å²) in [5.41, 5.74) is 2.06. The molecule has 0 aliphatic carbocycles. The molecular formula is C12H21ClN4. The molecule has 1 aromatic heterocycles. The zero-order valence-corrected chi connectivity index (χ0v) is 11.6. The van der Waals surface area contributed by atoms with Crippen LogP contribution in [-0.2, 0) is 13.6 Å². The van der Waals surface area contributed by atoms with Crippen LogP contribution in [0.2, 0.25) is 5.02 Å². The SMILES string of the molecule is CNCC1CCN(Cc2c(Cl)c(C)nn2C)C1. The summed E-state index contributed by atoms with van der Waals surface area (Å²) in [6, 6.07) is 0. The van der Waals surface area contributed by atoms with Gasteiger partial charge in [0.05, 0.1) is 16.4 Å². The minimum atomic E-state index is 0.771. The Hall–Kier alpha value is -0.580. The molecule has 2 rings (SSSR count). The van der Waals surface area contributed by atoms with Gasteiger partial charge in [-0.25, -0.2) is 0 Å². The highest BCUT2D eigenvalue weighted by molar-refractivity contribution is 6.31. The van der Waals surface area contributed by atoms with Gasteiger partial charge >= 0.3 is 0 Å². The van der Waals surface area contributed by atoms with E-state index in [9.17, 15) is 0 Å². The maximum absolute atomic E-state index is 6.27. The van der Waals surface area contributed by atoms with Crippen molar-refractivity contribution >= 4 is 11.6 Å². The summed E-state index contributed by atoms with van der Waals surface area (Å²) in [6.07, 6.45) is 1.27. The summed E-state index contributed by atoms with van der Waals surface area (Å²) in [5, 5.41) is 8.43. The number of aromatic nitrogens is 2. The Labute approximate surface area is 108 Å². The summed E-state index contributed by atoms with van der Waals surface area (Å²) in [5.74, 6) is 0.771. The van der Waals surface area contributed by atoms with Gasteiger partial charge in [0.15, 0.2) is 0 Å². The molecule has 0 amide bonds. The molecular weight excluding hydrogens is 236 g/mol. The molecule has 2 heterocycles. The third-order valence-electron chi connectivity index (χ3n) is 3.50. The maximum atomic E-state index is 6.27. The van der Waals surface area contributed by atoms with E-state index in [0.29, 0.717) is 0 Å². The monoisotopic (exact) mass is 256 g/mol. The van der Waals surface area contributed by atoms with Crippen molar-refractivity contribution in [2.75, 3.05) is 26.7 Å². The van der Waals surface area contributed by atoms with Crippen molar-refractivity contribution in [1.29, 1.82) is 0 Å². The van der Waals surface area contributed by atoms with Crippen LogP contribution in [0.5, 0.6) is 0 Å². The zero-order valence-electron chi connectivity index (χ0n) is 10.8. The molecule has 1 N–H and O–H groups in total. The molecule has 1 atom stereocenters. The van der Waals surface area contributed by atoms with Crippen LogP contribution in [0.15, 0.2) is 0 Å². The zero-order chi connectivity index (χ0) is 12.4. The fraction of sp³-hybridized carbons (Fsp3) is 0.750. The molecule has 5 heteroatoms. The van der Waals surface area contributed by atoms with Crippen molar-refractivity contribution in [2.45, 2.75) is 19.9 Å². The second kappa shape index (κ2) is 5.38. The van der Waals surface area contributed by atoms with Gasteiger partial charge in [-0.15, -0.1) is 0 Å². The van der Waals surface area contributed by atoms with E-state index in [4.69, 9.17) is 11.6 Å². The van der Waals surface area contributed by atoms with Crippen molar-refractivity contribution in [3.8, 4) is 0 Å². The minimum Gasteiger partial charge on any atom is -0.319 e. The summed E-state index contributed by atoms with van der Waals surface area (Å²) < 4.78 is 1.91. The highest BCUT2D eigenvalue weighted by Gasteiger charge is 2.23. The number of nitrogens with zero attached hydrogens (tertiary/aromatic N) is 3. The fourth-order valence-electron chi connectivity index (χ4n) is 2.58. The number of rotatable bonds is 4. The second-order valence-corrected chi connectivity index (χ2v) is 5.30. The van der Waals surface area contributed by atoms with E-state index >= 15 is 0 Å². The van der Waals surface area contributed by atoms with E-state index in [1.165, 1.54) is 6.42 Å². The largest absolute Gasteiger partial charge is 0.319 e. The van der Waals surface area contributed by atoms with Crippen molar-refractivity contribution in [1.82, 2.24) is 20.0 Å². The molecule has 1 unspecified atom stereocenters. The van der Waals surface area contributed by atoms with Gasteiger partial charge in [0.1, 0.15) is 0 Å². The lowest BCUT2D eigenvalue weighted by Gasteiger charge is -2.16. The number of likely N-dealkylation sites (tertiary alicyclic amines) is 1. The lowest BCUT2D eigenvalue weighted by molar-refractivity contribution is 0.306. The number of nitrogens with one attached hydrogen (secondary N) is 1. The first-order valence-corrected chi connectivity index (χ1v) is 6.54. The van der Waals surface area contributed by atoms with Gasteiger partial charge in [-0.05, 0) is 39.4 Å². The standard InChI is InChI=1S/C12H21ClN4/c1-9-12(13)11(16(3)15-9)8-17-5-4-10(7-17)6-14-2/h10,14H,4-8H2,1-3H3. The molecule has 0 aromatic carbocycles. The van der Waals surface area contributed by atoms with Crippen molar-refractivity contribution < 1.29 is 0 Å². The highest BCUT2D eigenvalue weighted by Crippen LogP contribution is 2.24. The van der Waals surface area contributed by atoms with Crippen molar-refractivity contribution in [3.63, 3.8) is 0 Å². The topological polar surface area (TPSA) is 33.1 Å². The smallest absolute Gasteiger partial charge is 0.0860 e. The number of aryl methyl sites for hydroxylation is 2. The predicted octanol–water partition coefficient (Wildman–Crippen LogP) is 1.42. The molecule has 0 bridgehead atoms. The molecule has 1 saturated heterocycles. The van der Waals surface area contributed by atoms with Crippen LogP contribution in [0.1, 0.15) is 17.8 Å². The quantitative estimate of drug-likeness (QED) is 0.885. The third-order valence-corrected chi connectivity index (χ3v) is 3.99. The average Bonchev–Trinajstić information content (AvgIpc) is 2.81. The lowest BCUT2D eigenvalue weighted by Crippen LogP contribution is -2.25. The van der Waals surface area contributed by atoms with Gasteiger partial charge in [-0.1, -0.05) is 11.6 Å². The van der Waals surface area contributed by atoms with E-state index in [1.54, 1.807) is 0 Å².